The van der Waals surface area contributed by atoms with Crippen molar-refractivity contribution in [3.05, 3.63) is 169 Å². The maximum absolute atomic E-state index is 2.53. The minimum atomic E-state index is -0.342. The molecule has 0 amide bonds. The van der Waals surface area contributed by atoms with E-state index in [1.807, 2.05) is 0 Å². The van der Waals surface area contributed by atoms with Crippen molar-refractivity contribution in [2.75, 3.05) is 9.80 Å². The topological polar surface area (TPSA) is 6.48 Å². The van der Waals surface area contributed by atoms with E-state index in [9.17, 15) is 0 Å². The highest BCUT2D eigenvalue weighted by atomic mass is 15.2. The van der Waals surface area contributed by atoms with Crippen LogP contribution in [-0.2, 0) is 11.0 Å². The lowest BCUT2D eigenvalue weighted by Gasteiger charge is -2.42. The Hall–Kier alpha value is -5.08. The first kappa shape index (κ1) is 31.5. The van der Waals surface area contributed by atoms with Gasteiger partial charge in [0.1, 0.15) is 0 Å². The first-order valence-electron chi connectivity index (χ1n) is 17.2. The number of benzene rings is 6. The molecule has 2 nitrogen and oxygen atoms in total. The van der Waals surface area contributed by atoms with Crippen LogP contribution in [0.5, 0.6) is 0 Å². The maximum Gasteiger partial charge on any atom is 0.0646 e. The SMILES string of the molecule is CC1C=CC=CC1N(c1ccc(N(c2cccc3ccccc23)C(C)(C)c2ccc(C(C)(C)C)cc2)cc1)c1ccc2ccccc2c1. The average Bonchev–Trinajstić information content (AvgIpc) is 3.10. The van der Waals surface area contributed by atoms with Crippen LogP contribution in [0.3, 0.4) is 0 Å². The van der Waals surface area contributed by atoms with Gasteiger partial charge in [0.2, 0.25) is 0 Å². The Morgan fingerprint density at radius 1 is 0.500 bits per heavy atom. The van der Waals surface area contributed by atoms with Gasteiger partial charge in [-0.3, -0.25) is 0 Å². The van der Waals surface area contributed by atoms with E-state index in [0.717, 1.165) is 5.69 Å². The number of allylic oxidation sites excluding steroid dienone is 2. The number of rotatable bonds is 7. The Morgan fingerprint density at radius 2 is 1.08 bits per heavy atom. The molecule has 1 aliphatic carbocycles. The molecule has 0 aromatic heterocycles. The third-order valence-electron chi connectivity index (χ3n) is 10.1. The molecule has 0 radical (unpaired) electrons. The van der Waals surface area contributed by atoms with Gasteiger partial charge in [0.05, 0.1) is 11.6 Å². The van der Waals surface area contributed by atoms with Crippen LogP contribution in [-0.4, -0.2) is 6.04 Å². The van der Waals surface area contributed by atoms with Gasteiger partial charge in [-0.15, -0.1) is 0 Å². The molecule has 0 N–H and O–H groups in total. The molecule has 2 heteroatoms. The van der Waals surface area contributed by atoms with E-state index >= 15 is 0 Å². The molecule has 2 atom stereocenters. The summed E-state index contributed by atoms with van der Waals surface area (Å²) in [6.45, 7) is 13.8. The fourth-order valence-electron chi connectivity index (χ4n) is 7.28. The third kappa shape index (κ3) is 5.92. The van der Waals surface area contributed by atoms with Crippen molar-refractivity contribution >= 4 is 44.3 Å². The van der Waals surface area contributed by atoms with E-state index in [2.05, 4.69) is 209 Å². The molecule has 0 saturated heterocycles. The molecule has 2 unspecified atom stereocenters. The zero-order valence-electron chi connectivity index (χ0n) is 29.1. The van der Waals surface area contributed by atoms with Gasteiger partial charge in [-0.2, -0.15) is 0 Å². The Bertz CT molecular complexity index is 2100. The maximum atomic E-state index is 2.53. The van der Waals surface area contributed by atoms with Gasteiger partial charge in [-0.05, 0) is 94.9 Å². The Balaban J connectivity index is 1.35. The predicted octanol–water partition coefficient (Wildman–Crippen LogP) is 12.6. The predicted molar refractivity (Wildman–Crippen MR) is 208 cm³/mol. The van der Waals surface area contributed by atoms with Gasteiger partial charge in [0, 0.05) is 28.1 Å². The molecular formula is C46H46N2. The highest BCUT2D eigenvalue weighted by Gasteiger charge is 2.32. The van der Waals surface area contributed by atoms with Crippen molar-refractivity contribution in [3.63, 3.8) is 0 Å². The summed E-state index contributed by atoms with van der Waals surface area (Å²) in [5.41, 5.74) is 7.11. The van der Waals surface area contributed by atoms with Gasteiger partial charge >= 0.3 is 0 Å². The number of nitrogens with zero attached hydrogens (tertiary/aromatic N) is 2. The van der Waals surface area contributed by atoms with Crippen LogP contribution < -0.4 is 9.80 Å². The molecule has 0 heterocycles. The van der Waals surface area contributed by atoms with Crippen LogP contribution in [0.4, 0.5) is 22.7 Å². The summed E-state index contributed by atoms with van der Waals surface area (Å²) in [4.78, 5) is 5.02. The molecule has 0 fully saturated rings. The van der Waals surface area contributed by atoms with E-state index in [1.165, 1.54) is 49.7 Å². The lowest BCUT2D eigenvalue weighted by atomic mass is 9.83. The summed E-state index contributed by atoms with van der Waals surface area (Å²) >= 11 is 0. The molecule has 240 valence electrons. The molecule has 1 aliphatic rings. The second-order valence-corrected chi connectivity index (χ2v) is 14.8. The van der Waals surface area contributed by atoms with Gasteiger partial charge in [0.25, 0.3) is 0 Å². The molecule has 0 aliphatic heterocycles. The molecule has 0 saturated carbocycles. The number of hydrogen-bond donors (Lipinski definition) is 0. The largest absolute Gasteiger partial charge is 0.334 e. The Kier molecular flexibility index (Phi) is 8.21. The van der Waals surface area contributed by atoms with Crippen LogP contribution in [0, 0.1) is 5.92 Å². The zero-order valence-corrected chi connectivity index (χ0v) is 29.1. The van der Waals surface area contributed by atoms with E-state index < -0.39 is 0 Å². The van der Waals surface area contributed by atoms with E-state index in [1.54, 1.807) is 0 Å². The fraction of sp³-hybridized carbons (Fsp3) is 0.217. The van der Waals surface area contributed by atoms with Crippen molar-refractivity contribution in [2.45, 2.75) is 58.5 Å². The number of hydrogen-bond acceptors (Lipinski definition) is 2. The molecule has 7 rings (SSSR count). The first-order valence-corrected chi connectivity index (χ1v) is 17.2. The summed E-state index contributed by atoms with van der Waals surface area (Å²) in [7, 11) is 0. The summed E-state index contributed by atoms with van der Waals surface area (Å²) in [5.74, 6) is 0.364. The van der Waals surface area contributed by atoms with Crippen LogP contribution in [0.1, 0.15) is 52.7 Å². The third-order valence-corrected chi connectivity index (χ3v) is 10.1. The van der Waals surface area contributed by atoms with E-state index in [4.69, 9.17) is 0 Å². The highest BCUT2D eigenvalue weighted by molar-refractivity contribution is 5.97. The normalized spacial score (nSPS) is 16.4. The van der Waals surface area contributed by atoms with Crippen molar-refractivity contribution < 1.29 is 0 Å². The summed E-state index contributed by atoms with van der Waals surface area (Å²) in [6, 6.07) is 49.5. The smallest absolute Gasteiger partial charge is 0.0646 e. The van der Waals surface area contributed by atoms with Gasteiger partial charge in [-0.25, -0.2) is 0 Å². The minimum Gasteiger partial charge on any atom is -0.334 e. The van der Waals surface area contributed by atoms with Crippen LogP contribution in [0.15, 0.2) is 158 Å². The molecule has 6 aromatic carbocycles. The fourth-order valence-corrected chi connectivity index (χ4v) is 7.28. The molecular weight excluding hydrogens is 581 g/mol. The lowest BCUT2D eigenvalue weighted by molar-refractivity contribution is 0.534. The van der Waals surface area contributed by atoms with Gasteiger partial charge in [-0.1, -0.05) is 143 Å². The van der Waals surface area contributed by atoms with Gasteiger partial charge < -0.3 is 9.80 Å². The quantitative estimate of drug-likeness (QED) is 0.174. The second kappa shape index (κ2) is 12.5. The molecule has 48 heavy (non-hydrogen) atoms. The first-order chi connectivity index (χ1) is 23.1. The van der Waals surface area contributed by atoms with Crippen molar-refractivity contribution in [1.82, 2.24) is 0 Å². The highest BCUT2D eigenvalue weighted by Crippen LogP contribution is 2.44. The van der Waals surface area contributed by atoms with E-state index in [-0.39, 0.29) is 17.0 Å². The van der Waals surface area contributed by atoms with Crippen molar-refractivity contribution in [2.24, 2.45) is 5.92 Å². The monoisotopic (exact) mass is 626 g/mol. The van der Waals surface area contributed by atoms with E-state index in [0.29, 0.717) is 5.92 Å². The van der Waals surface area contributed by atoms with Crippen molar-refractivity contribution in [3.8, 4) is 0 Å². The second-order valence-electron chi connectivity index (χ2n) is 14.8. The van der Waals surface area contributed by atoms with Crippen molar-refractivity contribution in [1.29, 1.82) is 0 Å². The van der Waals surface area contributed by atoms with Crippen LogP contribution >= 0.6 is 0 Å². The standard InChI is InChI=1S/C46H46N2/c1-33-14-7-12-20-43(33)47(41-27-22-34-15-8-9-17-36(34)32-41)39-28-30-40(31-29-39)48(44-21-13-18-35-16-10-11-19-42(35)44)46(5,6)38-25-23-37(24-26-38)45(2,3)4/h7-33,43H,1-6H3. The lowest BCUT2D eigenvalue weighted by Crippen LogP contribution is -2.38. The van der Waals surface area contributed by atoms with Crippen LogP contribution in [0.2, 0.25) is 0 Å². The number of anilines is 4. The minimum absolute atomic E-state index is 0.103. The zero-order chi connectivity index (χ0) is 33.5. The average molecular weight is 627 g/mol. The van der Waals surface area contributed by atoms with Gasteiger partial charge in [0.15, 0.2) is 0 Å². The summed E-state index contributed by atoms with van der Waals surface area (Å²) < 4.78 is 0. The Labute approximate surface area is 286 Å². The number of fused-ring (bicyclic) bond motifs is 2. The molecule has 0 bridgehead atoms. The van der Waals surface area contributed by atoms with Crippen LogP contribution in [0.25, 0.3) is 21.5 Å². The summed E-state index contributed by atoms with van der Waals surface area (Å²) in [5, 5.41) is 4.99. The summed E-state index contributed by atoms with van der Waals surface area (Å²) in [6.07, 6.45) is 8.99. The molecule has 6 aromatic rings. The molecule has 0 spiro atoms. The Morgan fingerprint density at radius 3 is 1.79 bits per heavy atom.